The molecule has 14 aromatic rings. The fourth-order valence-corrected chi connectivity index (χ4v) is 20.0. The fraction of sp³-hybridized carbons (Fsp3) is 0.0870. The van der Waals surface area contributed by atoms with Crippen LogP contribution in [0.5, 0.6) is 0 Å². The molecule has 2 heterocycles. The monoisotopic (exact) mass is 1180 g/mol. The molecule has 1 nitrogen and oxygen atoms in total. The Bertz CT molecular complexity index is 5180. The molecule has 2 aliphatic heterocycles. The number of fused-ring (bicyclic) bond motifs is 4. The lowest BCUT2D eigenvalue weighted by Gasteiger charge is -2.46. The van der Waals surface area contributed by atoms with Gasteiger partial charge in [0.25, 0.3) is 0 Å². The Kier molecular flexibility index (Phi) is 10.2. The smallest absolute Gasteiger partial charge is 0.0545 e. The summed E-state index contributed by atoms with van der Waals surface area (Å²) >= 11 is 0. The highest BCUT2D eigenvalue weighted by Gasteiger charge is 2.48. The lowest BCUT2D eigenvalue weighted by molar-refractivity contribution is 0.756. The van der Waals surface area contributed by atoms with Crippen LogP contribution in [0.4, 0.5) is 17.1 Å². The molecule has 6 bridgehead atoms. The maximum absolute atomic E-state index is 2.71. The Morgan fingerprint density at radius 2 is 0.430 bits per heavy atom. The second kappa shape index (κ2) is 18.8. The Morgan fingerprint density at radius 3 is 0.742 bits per heavy atom. The molecular weight excluding hydrogens is 1120 g/mol. The third kappa shape index (κ3) is 6.66. The van der Waals surface area contributed by atoms with Gasteiger partial charge in [-0.2, -0.15) is 0 Å². The van der Waals surface area contributed by atoms with Crippen molar-refractivity contribution >= 4 is 17.1 Å². The van der Waals surface area contributed by atoms with Crippen molar-refractivity contribution in [3.05, 3.63) is 443 Å². The van der Waals surface area contributed by atoms with E-state index in [4.69, 9.17) is 0 Å². The van der Waals surface area contributed by atoms with E-state index >= 15 is 0 Å². The second-order valence-electron chi connectivity index (χ2n) is 27.4. The second-order valence-corrected chi connectivity index (χ2v) is 27.4. The van der Waals surface area contributed by atoms with Crippen LogP contribution in [0, 0.1) is 0 Å². The van der Waals surface area contributed by atoms with Crippen molar-refractivity contribution in [2.24, 2.45) is 0 Å². The van der Waals surface area contributed by atoms with Gasteiger partial charge in [-0.3, -0.25) is 0 Å². The Morgan fingerprint density at radius 1 is 0.172 bits per heavy atom. The van der Waals surface area contributed by atoms with Gasteiger partial charge in [0.15, 0.2) is 0 Å². The molecule has 0 N–H and O–H groups in total. The van der Waals surface area contributed by atoms with Gasteiger partial charge in [0.1, 0.15) is 0 Å². The van der Waals surface area contributed by atoms with E-state index in [1.165, 1.54) is 184 Å². The van der Waals surface area contributed by atoms with E-state index < -0.39 is 0 Å². The summed E-state index contributed by atoms with van der Waals surface area (Å²) in [7, 11) is 0. The van der Waals surface area contributed by atoms with E-state index in [2.05, 4.69) is 314 Å². The number of anilines is 3. The summed E-state index contributed by atoms with van der Waals surface area (Å²) in [6.45, 7) is 0. The van der Waals surface area contributed by atoms with Gasteiger partial charge in [-0.05, 0) is 203 Å². The van der Waals surface area contributed by atoms with Crippen molar-refractivity contribution in [3.8, 4) is 33.4 Å². The maximum Gasteiger partial charge on any atom is 0.0545 e. The molecule has 11 aliphatic rings. The zero-order valence-electron chi connectivity index (χ0n) is 51.0. The predicted molar refractivity (Wildman–Crippen MR) is 377 cm³/mol. The van der Waals surface area contributed by atoms with E-state index in [1.807, 2.05) is 0 Å². The van der Waals surface area contributed by atoms with Crippen molar-refractivity contribution < 1.29 is 0 Å². The summed E-state index contributed by atoms with van der Waals surface area (Å²) in [4.78, 5) is 2.71. The molecule has 0 saturated carbocycles. The summed E-state index contributed by atoms with van der Waals surface area (Å²) in [5.74, 6) is 0.745. The zero-order chi connectivity index (χ0) is 60.3. The van der Waals surface area contributed by atoms with Crippen molar-refractivity contribution in [3.63, 3.8) is 0 Å². The topological polar surface area (TPSA) is 3.24 Å². The van der Waals surface area contributed by atoms with Crippen LogP contribution in [-0.2, 0) is 0 Å². The molecule has 0 saturated heterocycles. The van der Waals surface area contributed by atoms with E-state index in [0.717, 1.165) is 0 Å². The first-order chi connectivity index (χ1) is 46.2. The molecule has 432 valence electrons. The normalized spacial score (nSPS) is 20.5. The largest absolute Gasteiger partial charge is 0.309 e. The Hall–Kier alpha value is -11.1. The lowest BCUT2D eigenvalue weighted by Crippen LogP contribution is -2.30. The molecule has 0 aromatic heterocycles. The van der Waals surface area contributed by atoms with Gasteiger partial charge < -0.3 is 4.90 Å². The maximum atomic E-state index is 2.71. The molecule has 0 amide bonds. The van der Waals surface area contributed by atoms with Crippen LogP contribution in [0.3, 0.4) is 0 Å². The number of benzene rings is 14. The van der Waals surface area contributed by atoms with Crippen molar-refractivity contribution in [1.29, 1.82) is 0 Å². The SMILES string of the molecule is c1ccc(C2c3cc(-c4cccc5c4C4c6ccccc6C5c5ccccc54)ccc3N3c4ccc(-c5cccc6c5C5c7ccccc7C6c6ccccc65)cc4C(c4ccccc4)c4cc(-c5cccc6c5C5c7ccccc7C6c6ccccc65)cc2c43)cc1. The van der Waals surface area contributed by atoms with Gasteiger partial charge >= 0.3 is 0 Å². The van der Waals surface area contributed by atoms with Gasteiger partial charge in [0.2, 0.25) is 0 Å². The van der Waals surface area contributed by atoms with Crippen LogP contribution in [0.2, 0.25) is 0 Å². The first-order valence-electron chi connectivity index (χ1n) is 33.5. The third-order valence-electron chi connectivity index (χ3n) is 23.3. The fourth-order valence-electron chi connectivity index (χ4n) is 20.0. The molecule has 1 heteroatoms. The molecule has 0 radical (unpaired) electrons. The highest BCUT2D eigenvalue weighted by atomic mass is 15.2. The molecule has 93 heavy (non-hydrogen) atoms. The average Bonchev–Trinajstić information content (AvgIpc) is 0.717. The standard InChI is InChI=1S/C92H59N/c1-3-22-52(23-4-1)81-75-48-54(57-38-19-41-72-83-60-26-7-13-32-66(60)89(86(57)72)67-33-14-8-27-61(67)83)44-46-79(75)93-80-47-45-55(58-39-20-42-73-84-62-28-9-15-34-68(62)90(87(58)73)69-35-16-10-29-63(69)84)49-76(80)82(53-24-5-2-6-25-53)78-51-56(50-77(81)92(78)93)59-40-21-43-74-85-64-30-11-17-36-70(64)91(88(59)74)71-37-18-12-31-65(71)85/h1-51,81-85,89-91H. The minimum absolute atomic E-state index is 0.0877. The van der Waals surface area contributed by atoms with Crippen LogP contribution in [0.25, 0.3) is 33.4 Å². The number of rotatable bonds is 5. The summed E-state index contributed by atoms with van der Waals surface area (Å²) in [5.41, 5.74) is 45.4. The molecule has 25 rings (SSSR count). The van der Waals surface area contributed by atoms with Crippen LogP contribution < -0.4 is 4.90 Å². The van der Waals surface area contributed by atoms with Gasteiger partial charge in [0.05, 0.1) is 17.1 Å². The highest BCUT2D eigenvalue weighted by Crippen LogP contribution is 2.65. The van der Waals surface area contributed by atoms with Crippen molar-refractivity contribution in [2.75, 3.05) is 4.90 Å². The van der Waals surface area contributed by atoms with Gasteiger partial charge in [-0.25, -0.2) is 0 Å². The Labute approximate surface area is 542 Å². The van der Waals surface area contributed by atoms with Crippen molar-refractivity contribution in [1.82, 2.24) is 0 Å². The van der Waals surface area contributed by atoms with E-state index in [-0.39, 0.29) is 47.3 Å². The molecule has 2 unspecified atom stereocenters. The minimum Gasteiger partial charge on any atom is -0.309 e. The van der Waals surface area contributed by atoms with Crippen LogP contribution >= 0.6 is 0 Å². The predicted octanol–water partition coefficient (Wildman–Crippen LogP) is 22.1. The number of hydrogen-bond donors (Lipinski definition) is 0. The molecule has 0 fully saturated rings. The molecule has 2 atom stereocenters. The summed E-state index contributed by atoms with van der Waals surface area (Å²) in [6.07, 6.45) is 0. The average molecular weight is 1180 g/mol. The molecule has 9 aliphatic carbocycles. The van der Waals surface area contributed by atoms with Gasteiger partial charge in [0, 0.05) is 47.3 Å². The van der Waals surface area contributed by atoms with Gasteiger partial charge in [-0.15, -0.1) is 0 Å². The van der Waals surface area contributed by atoms with Crippen LogP contribution in [0.1, 0.15) is 181 Å². The quantitative estimate of drug-likeness (QED) is 0.166. The Balaban J connectivity index is 0.812. The minimum atomic E-state index is -0.0877. The molecule has 0 spiro atoms. The summed E-state index contributed by atoms with van der Waals surface area (Å²) in [6, 6.07) is 121. The van der Waals surface area contributed by atoms with E-state index in [9.17, 15) is 0 Å². The highest BCUT2D eigenvalue weighted by molar-refractivity contribution is 5.97. The third-order valence-corrected chi connectivity index (χ3v) is 23.3. The van der Waals surface area contributed by atoms with Crippen LogP contribution in [-0.4, -0.2) is 0 Å². The lowest BCUT2D eigenvalue weighted by atomic mass is 9.59. The number of nitrogens with zero attached hydrogens (tertiary/aromatic N) is 1. The number of hydrogen-bond acceptors (Lipinski definition) is 1. The molecule has 14 aromatic carbocycles. The summed E-state index contributed by atoms with van der Waals surface area (Å²) in [5, 5.41) is 0. The first kappa shape index (κ1) is 50.6. The summed E-state index contributed by atoms with van der Waals surface area (Å²) < 4.78 is 0. The van der Waals surface area contributed by atoms with Gasteiger partial charge in [-0.1, -0.05) is 273 Å². The zero-order valence-corrected chi connectivity index (χ0v) is 51.0. The molecular formula is C92H59N. The first-order valence-corrected chi connectivity index (χ1v) is 33.5. The van der Waals surface area contributed by atoms with E-state index in [1.54, 1.807) is 0 Å². The van der Waals surface area contributed by atoms with Crippen LogP contribution in [0.15, 0.2) is 309 Å². The van der Waals surface area contributed by atoms with E-state index in [0.29, 0.717) is 0 Å². The van der Waals surface area contributed by atoms with Crippen molar-refractivity contribution in [2.45, 2.75) is 47.3 Å².